The lowest BCUT2D eigenvalue weighted by atomic mass is 10.1. The van der Waals surface area contributed by atoms with Gasteiger partial charge in [-0.1, -0.05) is 46.6 Å². The van der Waals surface area contributed by atoms with Gasteiger partial charge in [0.25, 0.3) is 5.69 Å². The number of non-ortho nitro benzene ring substituents is 1. The van der Waals surface area contributed by atoms with Crippen molar-refractivity contribution >= 4 is 46.8 Å². The maximum absolute atomic E-state index is 12.2. The highest BCUT2D eigenvalue weighted by Crippen LogP contribution is 2.39. The number of halogens is 2. The molecule has 0 aliphatic rings. The Kier molecular flexibility index (Phi) is 6.10. The third-order valence-corrected chi connectivity index (χ3v) is 4.39. The molecule has 2 N–H and O–H groups in total. The molecule has 2 aromatic carbocycles. The number of aromatic nitrogens is 1. The lowest BCUT2D eigenvalue weighted by Crippen LogP contribution is -2.24. The number of amides is 2. The number of carbonyl (C=O) groups excluding carboxylic acids is 1. The van der Waals surface area contributed by atoms with Gasteiger partial charge in [-0.05, 0) is 19.1 Å². The van der Waals surface area contributed by atoms with Crippen molar-refractivity contribution in [3.63, 3.8) is 0 Å². The van der Waals surface area contributed by atoms with Crippen molar-refractivity contribution in [1.29, 1.82) is 0 Å². The number of carbonyl (C=O) groups is 1. The first-order valence-corrected chi connectivity index (χ1v) is 8.87. The van der Waals surface area contributed by atoms with Crippen molar-refractivity contribution in [3.05, 3.63) is 73.9 Å². The van der Waals surface area contributed by atoms with E-state index in [4.69, 9.17) is 27.7 Å². The summed E-state index contributed by atoms with van der Waals surface area (Å²) in [7, 11) is 0. The molecule has 0 saturated heterocycles. The predicted octanol–water partition coefficient (Wildman–Crippen LogP) is 5.02. The summed E-state index contributed by atoms with van der Waals surface area (Å²) in [5, 5.41) is 21.8. The van der Waals surface area contributed by atoms with Gasteiger partial charge < -0.3 is 9.84 Å². The highest BCUT2D eigenvalue weighted by molar-refractivity contribution is 6.39. The lowest BCUT2D eigenvalue weighted by molar-refractivity contribution is -0.384. The molecule has 0 saturated carbocycles. The molecular formula is C18H13Cl2N5O4. The monoisotopic (exact) mass is 433 g/mol. The Bertz CT molecular complexity index is 1090. The topological polar surface area (TPSA) is 123 Å². The van der Waals surface area contributed by atoms with Crippen LogP contribution < -0.4 is 10.7 Å². The zero-order chi connectivity index (χ0) is 21.0. The summed E-state index contributed by atoms with van der Waals surface area (Å²) < 4.78 is 5.16. The minimum Gasteiger partial charge on any atom is -0.359 e. The first kappa shape index (κ1) is 20.3. The molecule has 0 radical (unpaired) electrons. The van der Waals surface area contributed by atoms with E-state index in [0.717, 1.165) is 0 Å². The molecule has 9 nitrogen and oxygen atoms in total. The fraction of sp³-hybridized carbons (Fsp3) is 0.0556. The van der Waals surface area contributed by atoms with E-state index in [9.17, 15) is 14.9 Å². The molecule has 148 valence electrons. The number of rotatable bonds is 5. The molecule has 3 aromatic rings. The molecule has 2 amide bonds. The molecule has 0 aliphatic heterocycles. The molecule has 3 rings (SSSR count). The Labute approximate surface area is 174 Å². The van der Waals surface area contributed by atoms with Crippen LogP contribution in [0.5, 0.6) is 0 Å². The van der Waals surface area contributed by atoms with Crippen molar-refractivity contribution in [3.8, 4) is 11.3 Å². The molecule has 29 heavy (non-hydrogen) atoms. The summed E-state index contributed by atoms with van der Waals surface area (Å²) in [6.07, 6.45) is 1.28. The Hall–Kier alpha value is -3.43. The quantitative estimate of drug-likeness (QED) is 0.332. The maximum atomic E-state index is 12.2. The van der Waals surface area contributed by atoms with Crippen LogP contribution >= 0.6 is 23.2 Å². The van der Waals surface area contributed by atoms with E-state index in [1.807, 2.05) is 0 Å². The predicted molar refractivity (Wildman–Crippen MR) is 110 cm³/mol. The van der Waals surface area contributed by atoms with Gasteiger partial charge in [-0.2, -0.15) is 5.10 Å². The van der Waals surface area contributed by atoms with Gasteiger partial charge >= 0.3 is 6.03 Å². The summed E-state index contributed by atoms with van der Waals surface area (Å²) in [6, 6.07) is 10.1. The number of aryl methyl sites for hydroxylation is 1. The molecule has 0 aliphatic carbocycles. The van der Waals surface area contributed by atoms with Crippen molar-refractivity contribution in [2.75, 3.05) is 5.32 Å². The number of nitro benzene ring substituents is 1. The molecule has 0 spiro atoms. The van der Waals surface area contributed by atoms with Gasteiger partial charge in [0.15, 0.2) is 5.76 Å². The number of benzene rings is 2. The second-order valence-electron chi connectivity index (χ2n) is 5.74. The van der Waals surface area contributed by atoms with Gasteiger partial charge in [0.2, 0.25) is 0 Å². The van der Waals surface area contributed by atoms with Crippen LogP contribution in [0.3, 0.4) is 0 Å². The Morgan fingerprint density at radius 1 is 1.24 bits per heavy atom. The van der Waals surface area contributed by atoms with E-state index in [2.05, 4.69) is 21.0 Å². The molecule has 1 aromatic heterocycles. The smallest absolute Gasteiger partial charge is 0.339 e. The standard InChI is InChI=1S/C18H13Cl2N5O4/c1-10-16(17(24-29-10)15-13(19)6-3-7-14(15)20)22-18(26)23-21-9-11-4-2-5-12(8-11)25(27)28/h2-9H,1H3,(H2,22,23,26). The van der Waals surface area contributed by atoms with Gasteiger partial charge in [0.05, 0.1) is 21.2 Å². The van der Waals surface area contributed by atoms with E-state index in [1.54, 1.807) is 31.2 Å². The Balaban J connectivity index is 1.74. The van der Waals surface area contributed by atoms with Crippen LogP contribution in [0.4, 0.5) is 16.2 Å². The summed E-state index contributed by atoms with van der Waals surface area (Å²) in [4.78, 5) is 22.5. The fourth-order valence-corrected chi connectivity index (χ4v) is 3.02. The Morgan fingerprint density at radius 3 is 2.62 bits per heavy atom. The number of nitro groups is 1. The number of anilines is 1. The minimum absolute atomic E-state index is 0.0836. The highest BCUT2D eigenvalue weighted by atomic mass is 35.5. The second-order valence-corrected chi connectivity index (χ2v) is 6.55. The number of urea groups is 1. The second kappa shape index (κ2) is 8.72. The first-order chi connectivity index (χ1) is 13.9. The van der Waals surface area contributed by atoms with Crippen LogP contribution in [0.15, 0.2) is 52.1 Å². The molecule has 0 unspecified atom stereocenters. The van der Waals surface area contributed by atoms with Crippen molar-refractivity contribution in [2.24, 2.45) is 5.10 Å². The molecule has 11 heteroatoms. The van der Waals surface area contributed by atoms with E-state index in [1.165, 1.54) is 24.4 Å². The Morgan fingerprint density at radius 2 is 1.93 bits per heavy atom. The van der Waals surface area contributed by atoms with Crippen LogP contribution in [0.1, 0.15) is 11.3 Å². The van der Waals surface area contributed by atoms with Crippen LogP contribution in [0, 0.1) is 17.0 Å². The van der Waals surface area contributed by atoms with Crippen molar-refractivity contribution in [2.45, 2.75) is 6.92 Å². The summed E-state index contributed by atoms with van der Waals surface area (Å²) in [5.41, 5.74) is 3.61. The molecule has 0 bridgehead atoms. The number of nitrogens with one attached hydrogen (secondary N) is 2. The summed E-state index contributed by atoms with van der Waals surface area (Å²) in [5.74, 6) is 0.341. The largest absolute Gasteiger partial charge is 0.359 e. The number of hydrazone groups is 1. The van der Waals surface area contributed by atoms with E-state index >= 15 is 0 Å². The lowest BCUT2D eigenvalue weighted by Gasteiger charge is -2.07. The number of nitrogens with zero attached hydrogens (tertiary/aromatic N) is 3. The van der Waals surface area contributed by atoms with Gasteiger partial charge in [-0.25, -0.2) is 10.2 Å². The van der Waals surface area contributed by atoms with E-state index in [-0.39, 0.29) is 17.1 Å². The first-order valence-electron chi connectivity index (χ1n) is 8.12. The third kappa shape index (κ3) is 4.71. The molecule has 1 heterocycles. The number of hydrogen-bond donors (Lipinski definition) is 2. The maximum Gasteiger partial charge on any atom is 0.339 e. The third-order valence-electron chi connectivity index (χ3n) is 3.76. The highest BCUT2D eigenvalue weighted by Gasteiger charge is 2.21. The zero-order valence-corrected chi connectivity index (χ0v) is 16.4. The van der Waals surface area contributed by atoms with Crippen molar-refractivity contribution < 1.29 is 14.2 Å². The molecular weight excluding hydrogens is 421 g/mol. The SMILES string of the molecule is Cc1onc(-c2c(Cl)cccc2Cl)c1NC(=O)NN=Cc1cccc([N+](=O)[O-])c1. The summed E-state index contributed by atoms with van der Waals surface area (Å²) in [6.45, 7) is 1.61. The fourth-order valence-electron chi connectivity index (χ4n) is 2.44. The minimum atomic E-state index is -0.678. The molecule has 0 fully saturated rings. The van der Waals surface area contributed by atoms with Gasteiger partial charge in [0.1, 0.15) is 11.4 Å². The van der Waals surface area contributed by atoms with Crippen LogP contribution in [-0.4, -0.2) is 22.3 Å². The van der Waals surface area contributed by atoms with Gasteiger partial charge in [-0.15, -0.1) is 0 Å². The number of hydrogen-bond acceptors (Lipinski definition) is 6. The molecule has 0 atom stereocenters. The van der Waals surface area contributed by atoms with E-state index in [0.29, 0.717) is 26.9 Å². The van der Waals surface area contributed by atoms with E-state index < -0.39 is 11.0 Å². The van der Waals surface area contributed by atoms with Crippen LogP contribution in [-0.2, 0) is 0 Å². The van der Waals surface area contributed by atoms with Crippen LogP contribution in [0.25, 0.3) is 11.3 Å². The zero-order valence-electron chi connectivity index (χ0n) is 14.8. The normalized spacial score (nSPS) is 10.9. The average molecular weight is 434 g/mol. The van der Waals surface area contributed by atoms with Gasteiger partial charge in [0, 0.05) is 23.3 Å². The average Bonchev–Trinajstić information content (AvgIpc) is 3.02. The summed E-state index contributed by atoms with van der Waals surface area (Å²) >= 11 is 12.4. The van der Waals surface area contributed by atoms with Gasteiger partial charge in [-0.3, -0.25) is 10.1 Å². The van der Waals surface area contributed by atoms with Crippen molar-refractivity contribution in [1.82, 2.24) is 10.6 Å². The van der Waals surface area contributed by atoms with Crippen LogP contribution in [0.2, 0.25) is 10.0 Å².